The summed E-state index contributed by atoms with van der Waals surface area (Å²) in [6, 6.07) is 17.1. The lowest BCUT2D eigenvalue weighted by atomic mass is 9.76. The number of hydrogen-bond acceptors (Lipinski definition) is 6. The fraction of sp³-hybridized carbons (Fsp3) is 0.567. The van der Waals surface area contributed by atoms with Gasteiger partial charge in [0.2, 0.25) is 15.9 Å². The first-order chi connectivity index (χ1) is 19.0. The van der Waals surface area contributed by atoms with Gasteiger partial charge in [0.1, 0.15) is 0 Å². The Kier molecular flexibility index (Phi) is 8.62. The molecule has 3 saturated heterocycles. The zero-order valence-corrected chi connectivity index (χ0v) is 26.0. The van der Waals surface area contributed by atoms with Gasteiger partial charge in [-0.15, -0.1) is 12.4 Å². The second kappa shape index (κ2) is 11.6. The molecule has 224 valence electrons. The summed E-state index contributed by atoms with van der Waals surface area (Å²) in [6.07, 6.45) is 5.26. The largest absolute Gasteiger partial charge is 0.338 e. The molecule has 3 heterocycles. The number of likely N-dealkylation sites (tertiary alicyclic amines) is 2. The number of piperidine rings is 1. The predicted octanol–water partition coefficient (Wildman–Crippen LogP) is 3.53. The molecule has 4 aliphatic rings. The van der Waals surface area contributed by atoms with Gasteiger partial charge in [-0.3, -0.25) is 4.79 Å². The topological polar surface area (TPSA) is 95.1 Å². The van der Waals surface area contributed by atoms with Gasteiger partial charge in [-0.05, 0) is 74.4 Å². The number of hydrogen-bond donors (Lipinski definition) is 0. The van der Waals surface area contributed by atoms with E-state index in [0.717, 1.165) is 63.8 Å². The number of sulfone groups is 1. The SMILES string of the molecule is CS(=O)(=O)c1ccc(CN2CCC3(CCN(C[C@H]4CN(S(=O)(=O)C5CC5)C[C@@H]4c4ccccc4)CC3)C2=O)cc1.Cl. The van der Waals surface area contributed by atoms with E-state index in [-0.39, 0.29) is 45.7 Å². The highest BCUT2D eigenvalue weighted by molar-refractivity contribution is 7.90. The maximum absolute atomic E-state index is 13.6. The van der Waals surface area contributed by atoms with Gasteiger partial charge in [-0.2, -0.15) is 0 Å². The highest BCUT2D eigenvalue weighted by atomic mass is 35.5. The Hall–Kier alpha value is -1.98. The van der Waals surface area contributed by atoms with Crippen molar-refractivity contribution in [2.24, 2.45) is 11.3 Å². The van der Waals surface area contributed by atoms with E-state index < -0.39 is 19.9 Å². The third-order valence-electron chi connectivity index (χ3n) is 9.57. The number of sulfonamides is 1. The lowest BCUT2D eigenvalue weighted by molar-refractivity contribution is -0.139. The highest BCUT2D eigenvalue weighted by Gasteiger charge is 2.49. The number of rotatable bonds is 8. The molecule has 3 aliphatic heterocycles. The van der Waals surface area contributed by atoms with Crippen molar-refractivity contribution in [1.82, 2.24) is 14.1 Å². The van der Waals surface area contributed by atoms with Gasteiger partial charge < -0.3 is 9.80 Å². The van der Waals surface area contributed by atoms with Crippen LogP contribution in [-0.2, 0) is 31.2 Å². The molecule has 0 aromatic heterocycles. The average Bonchev–Trinajstić information content (AvgIpc) is 3.66. The van der Waals surface area contributed by atoms with Crippen LogP contribution in [0.25, 0.3) is 0 Å². The smallest absolute Gasteiger partial charge is 0.229 e. The van der Waals surface area contributed by atoms with Crippen LogP contribution in [0.1, 0.15) is 49.1 Å². The molecule has 0 unspecified atom stereocenters. The van der Waals surface area contributed by atoms with E-state index in [1.165, 1.54) is 11.8 Å². The Morgan fingerprint density at radius 1 is 0.854 bits per heavy atom. The van der Waals surface area contributed by atoms with E-state index in [2.05, 4.69) is 17.0 Å². The summed E-state index contributed by atoms with van der Waals surface area (Å²) in [5.74, 6) is 0.628. The summed E-state index contributed by atoms with van der Waals surface area (Å²) >= 11 is 0. The minimum absolute atomic E-state index is 0. The molecule has 6 rings (SSSR count). The average molecular weight is 622 g/mol. The van der Waals surface area contributed by atoms with Gasteiger partial charge in [0.25, 0.3) is 0 Å². The van der Waals surface area contributed by atoms with Crippen molar-refractivity contribution >= 4 is 38.2 Å². The zero-order valence-electron chi connectivity index (χ0n) is 23.5. The highest BCUT2D eigenvalue weighted by Crippen LogP contribution is 2.44. The Morgan fingerprint density at radius 3 is 2.10 bits per heavy atom. The Balaban J connectivity index is 0.00000337. The van der Waals surface area contributed by atoms with Crippen LogP contribution in [0.2, 0.25) is 0 Å². The van der Waals surface area contributed by atoms with Crippen molar-refractivity contribution in [2.45, 2.75) is 54.7 Å². The molecule has 1 amide bonds. The molecular weight excluding hydrogens is 582 g/mol. The van der Waals surface area contributed by atoms with E-state index in [0.29, 0.717) is 19.6 Å². The van der Waals surface area contributed by atoms with E-state index in [9.17, 15) is 21.6 Å². The number of carbonyl (C=O) groups is 1. The van der Waals surface area contributed by atoms with Crippen molar-refractivity contribution in [3.8, 4) is 0 Å². The minimum Gasteiger partial charge on any atom is -0.338 e. The summed E-state index contributed by atoms with van der Waals surface area (Å²) < 4.78 is 51.4. The van der Waals surface area contributed by atoms with Gasteiger partial charge in [0.15, 0.2) is 9.84 Å². The number of carbonyl (C=O) groups excluding carboxylic acids is 1. The van der Waals surface area contributed by atoms with Crippen molar-refractivity contribution < 1.29 is 21.6 Å². The van der Waals surface area contributed by atoms with Crippen LogP contribution in [0.15, 0.2) is 59.5 Å². The minimum atomic E-state index is -3.24. The van der Waals surface area contributed by atoms with Crippen molar-refractivity contribution in [1.29, 1.82) is 0 Å². The lowest BCUT2D eigenvalue weighted by Crippen LogP contribution is -2.46. The number of nitrogens with zero attached hydrogens (tertiary/aromatic N) is 3. The molecule has 8 nitrogen and oxygen atoms in total. The van der Waals surface area contributed by atoms with Crippen LogP contribution in [0.3, 0.4) is 0 Å². The van der Waals surface area contributed by atoms with Crippen molar-refractivity contribution in [3.63, 3.8) is 0 Å². The molecule has 41 heavy (non-hydrogen) atoms. The summed E-state index contributed by atoms with van der Waals surface area (Å²) in [5, 5.41) is -0.188. The molecule has 0 bridgehead atoms. The molecular formula is C30H40ClN3O5S2. The van der Waals surface area contributed by atoms with Crippen LogP contribution >= 0.6 is 12.4 Å². The molecule has 2 aromatic carbocycles. The fourth-order valence-corrected chi connectivity index (χ4v) is 9.50. The van der Waals surface area contributed by atoms with E-state index in [4.69, 9.17) is 0 Å². The summed E-state index contributed by atoms with van der Waals surface area (Å²) in [5.41, 5.74) is 1.83. The molecule has 11 heteroatoms. The van der Waals surface area contributed by atoms with Gasteiger partial charge in [0, 0.05) is 44.9 Å². The lowest BCUT2D eigenvalue weighted by Gasteiger charge is -2.39. The van der Waals surface area contributed by atoms with E-state index >= 15 is 0 Å². The van der Waals surface area contributed by atoms with Crippen LogP contribution in [-0.4, -0.2) is 87.6 Å². The molecule has 1 spiro atoms. The Bertz CT molecular complexity index is 1460. The van der Waals surface area contributed by atoms with Gasteiger partial charge in [-0.1, -0.05) is 42.5 Å². The Morgan fingerprint density at radius 2 is 1.49 bits per heavy atom. The van der Waals surface area contributed by atoms with Crippen molar-refractivity contribution in [3.05, 3.63) is 65.7 Å². The van der Waals surface area contributed by atoms with Crippen LogP contribution in [0.5, 0.6) is 0 Å². The third-order valence-corrected chi connectivity index (χ3v) is 13.0. The number of amides is 1. The first-order valence-corrected chi connectivity index (χ1v) is 17.8. The van der Waals surface area contributed by atoms with E-state index in [1.807, 2.05) is 23.1 Å². The molecule has 1 saturated carbocycles. The second-order valence-corrected chi connectivity index (χ2v) is 16.5. The Labute approximate surface area is 250 Å². The first kappa shape index (κ1) is 30.5. The monoisotopic (exact) mass is 621 g/mol. The molecule has 0 N–H and O–H groups in total. The maximum Gasteiger partial charge on any atom is 0.229 e. The van der Waals surface area contributed by atoms with Gasteiger partial charge in [0.05, 0.1) is 15.6 Å². The molecule has 0 radical (unpaired) electrons. The quantitative estimate of drug-likeness (QED) is 0.448. The molecule has 1 aliphatic carbocycles. The number of halogens is 1. The van der Waals surface area contributed by atoms with Crippen LogP contribution in [0, 0.1) is 11.3 Å². The third kappa shape index (κ3) is 6.22. The van der Waals surface area contributed by atoms with Crippen molar-refractivity contribution in [2.75, 3.05) is 45.5 Å². The predicted molar refractivity (Wildman–Crippen MR) is 161 cm³/mol. The maximum atomic E-state index is 13.6. The number of benzene rings is 2. The molecule has 4 fully saturated rings. The second-order valence-electron chi connectivity index (χ2n) is 12.3. The fourth-order valence-electron chi connectivity index (χ4n) is 6.94. The molecule has 2 atom stereocenters. The first-order valence-electron chi connectivity index (χ1n) is 14.4. The summed E-state index contributed by atoms with van der Waals surface area (Å²) in [7, 11) is -6.46. The molecule has 2 aromatic rings. The summed E-state index contributed by atoms with van der Waals surface area (Å²) in [6.45, 7) is 4.89. The van der Waals surface area contributed by atoms with Gasteiger partial charge in [-0.25, -0.2) is 21.1 Å². The van der Waals surface area contributed by atoms with Crippen LogP contribution < -0.4 is 0 Å². The van der Waals surface area contributed by atoms with E-state index in [1.54, 1.807) is 28.6 Å². The standard InChI is InChI=1S/C30H39N3O5S2.ClH/c1-39(35,36)26-9-7-23(8-10-26)19-32-18-15-30(29(32)34)13-16-31(17-14-30)20-25-21-33(40(37,38)27-11-12-27)22-28(25)24-5-3-2-4-6-24;/h2-10,25,27-28H,11-22H2,1H3;1H/t25-,28+;/m0./s1. The normalized spacial score (nSPS) is 25.5. The van der Waals surface area contributed by atoms with Crippen LogP contribution in [0.4, 0.5) is 0 Å². The zero-order chi connectivity index (χ0) is 28.1. The summed E-state index contributed by atoms with van der Waals surface area (Å²) in [4.78, 5) is 18.2. The van der Waals surface area contributed by atoms with Gasteiger partial charge >= 0.3 is 0 Å².